The van der Waals surface area contributed by atoms with Crippen LogP contribution in [0.2, 0.25) is 0 Å². The van der Waals surface area contributed by atoms with Gasteiger partial charge in [0.05, 0.1) is 12.2 Å². The van der Waals surface area contributed by atoms with Gasteiger partial charge in [0, 0.05) is 29.8 Å². The Morgan fingerprint density at radius 3 is 2.76 bits per heavy atom. The smallest absolute Gasteiger partial charge is 0.191 e. The van der Waals surface area contributed by atoms with Crippen molar-refractivity contribution in [3.8, 4) is 0 Å². The van der Waals surface area contributed by atoms with Crippen LogP contribution >= 0.6 is 15.9 Å². The summed E-state index contributed by atoms with van der Waals surface area (Å²) in [6.07, 6.45) is 1.74. The topological polar surface area (TPSA) is 49.3 Å². The van der Waals surface area contributed by atoms with E-state index in [2.05, 4.69) is 36.5 Å². The van der Waals surface area contributed by atoms with Crippen molar-refractivity contribution in [2.75, 3.05) is 7.05 Å². The summed E-state index contributed by atoms with van der Waals surface area (Å²) in [5.41, 5.74) is 1.49. The summed E-state index contributed by atoms with van der Waals surface area (Å²) in [7, 11) is 1.67. The van der Waals surface area contributed by atoms with E-state index in [-0.39, 0.29) is 5.82 Å². The highest BCUT2D eigenvalue weighted by atomic mass is 79.9. The number of aliphatic imine (C=N–C) groups is 1. The Labute approximate surface area is 131 Å². The fraction of sp³-hybridized carbons (Fsp3) is 0.200. The average molecular weight is 351 g/mol. The van der Waals surface area contributed by atoms with E-state index in [0.717, 1.165) is 10.2 Å². The molecule has 110 valence electrons. The highest BCUT2D eigenvalue weighted by Crippen LogP contribution is 2.15. The van der Waals surface area contributed by atoms with Crippen molar-refractivity contribution in [2.45, 2.75) is 13.1 Å². The van der Waals surface area contributed by atoms with E-state index in [9.17, 15) is 4.39 Å². The molecule has 0 atom stereocenters. The van der Waals surface area contributed by atoms with Gasteiger partial charge in [0.25, 0.3) is 0 Å². The molecule has 1 aromatic carbocycles. The highest BCUT2D eigenvalue weighted by molar-refractivity contribution is 9.10. The van der Waals surface area contributed by atoms with Crippen LogP contribution in [0, 0.1) is 5.82 Å². The van der Waals surface area contributed by atoms with Crippen LogP contribution in [0.1, 0.15) is 11.3 Å². The lowest BCUT2D eigenvalue weighted by molar-refractivity contribution is 0.604. The molecule has 0 saturated carbocycles. The van der Waals surface area contributed by atoms with Crippen LogP contribution in [-0.2, 0) is 13.1 Å². The summed E-state index contributed by atoms with van der Waals surface area (Å²) in [5, 5.41) is 6.21. The molecule has 0 aliphatic carbocycles. The van der Waals surface area contributed by atoms with E-state index in [4.69, 9.17) is 0 Å². The molecule has 0 saturated heterocycles. The third kappa shape index (κ3) is 4.82. The van der Waals surface area contributed by atoms with Crippen molar-refractivity contribution in [2.24, 2.45) is 4.99 Å². The molecule has 0 bridgehead atoms. The Balaban J connectivity index is 1.90. The summed E-state index contributed by atoms with van der Waals surface area (Å²) < 4.78 is 14.5. The van der Waals surface area contributed by atoms with Gasteiger partial charge in [0.15, 0.2) is 5.96 Å². The summed E-state index contributed by atoms with van der Waals surface area (Å²) in [5.74, 6) is 0.353. The molecule has 0 radical (unpaired) electrons. The Kier molecular flexibility index (Phi) is 5.68. The maximum absolute atomic E-state index is 13.6. The minimum absolute atomic E-state index is 0.245. The Hall–Kier alpha value is -1.95. The number of benzene rings is 1. The monoisotopic (exact) mass is 350 g/mol. The molecule has 0 amide bonds. The Bertz CT molecular complexity index is 616. The minimum atomic E-state index is -0.245. The van der Waals surface area contributed by atoms with Gasteiger partial charge in [-0.2, -0.15) is 0 Å². The number of hydrogen-bond acceptors (Lipinski definition) is 2. The van der Waals surface area contributed by atoms with Gasteiger partial charge in [-0.05, 0) is 30.3 Å². The lowest BCUT2D eigenvalue weighted by Crippen LogP contribution is -2.36. The van der Waals surface area contributed by atoms with Crippen LogP contribution in [0.3, 0.4) is 0 Å². The molecule has 6 heteroatoms. The fourth-order valence-electron chi connectivity index (χ4n) is 1.76. The normalized spacial score (nSPS) is 11.3. The Morgan fingerprint density at radius 1 is 1.24 bits per heavy atom. The first kappa shape index (κ1) is 15.4. The second-order valence-electron chi connectivity index (χ2n) is 4.34. The minimum Gasteiger partial charge on any atom is -0.352 e. The summed E-state index contributed by atoms with van der Waals surface area (Å²) in [6.45, 7) is 0.911. The molecular weight excluding hydrogens is 335 g/mol. The number of halogens is 2. The summed E-state index contributed by atoms with van der Waals surface area (Å²) in [4.78, 5) is 8.32. The molecule has 1 heterocycles. The molecule has 2 N–H and O–H groups in total. The number of guanidine groups is 1. The first-order valence-electron chi connectivity index (χ1n) is 6.47. The van der Waals surface area contributed by atoms with Gasteiger partial charge in [-0.3, -0.25) is 9.98 Å². The molecule has 1 aromatic heterocycles. The van der Waals surface area contributed by atoms with Crippen LogP contribution in [-0.4, -0.2) is 18.0 Å². The zero-order valence-corrected chi connectivity index (χ0v) is 13.2. The molecular formula is C15H16BrFN4. The molecule has 2 aromatic rings. The first-order chi connectivity index (χ1) is 10.2. The van der Waals surface area contributed by atoms with E-state index >= 15 is 0 Å². The van der Waals surface area contributed by atoms with Crippen molar-refractivity contribution >= 4 is 21.9 Å². The van der Waals surface area contributed by atoms with Crippen LogP contribution < -0.4 is 10.6 Å². The number of pyridine rings is 1. The maximum Gasteiger partial charge on any atom is 0.191 e. The predicted octanol–water partition coefficient (Wildman–Crippen LogP) is 2.85. The van der Waals surface area contributed by atoms with Crippen LogP contribution in [0.4, 0.5) is 4.39 Å². The maximum atomic E-state index is 13.6. The molecule has 0 aliphatic heterocycles. The standard InChI is InChI=1S/C15H16BrFN4/c1-18-15(21-10-13-4-2-3-7-19-13)20-9-11-8-12(16)5-6-14(11)17/h2-8H,9-10H2,1H3,(H2,18,20,21). The van der Waals surface area contributed by atoms with Crippen molar-refractivity contribution < 1.29 is 4.39 Å². The van der Waals surface area contributed by atoms with E-state index in [0.29, 0.717) is 24.6 Å². The lowest BCUT2D eigenvalue weighted by atomic mass is 10.2. The number of nitrogens with zero attached hydrogens (tertiary/aromatic N) is 2. The summed E-state index contributed by atoms with van der Waals surface area (Å²) in [6, 6.07) is 10.6. The van der Waals surface area contributed by atoms with Gasteiger partial charge in [0.2, 0.25) is 0 Å². The number of hydrogen-bond donors (Lipinski definition) is 2. The van der Waals surface area contributed by atoms with Crippen molar-refractivity contribution in [1.82, 2.24) is 15.6 Å². The average Bonchev–Trinajstić information content (AvgIpc) is 2.51. The zero-order chi connectivity index (χ0) is 15.1. The number of rotatable bonds is 4. The van der Waals surface area contributed by atoms with Crippen molar-refractivity contribution in [3.63, 3.8) is 0 Å². The van der Waals surface area contributed by atoms with Gasteiger partial charge in [-0.15, -0.1) is 0 Å². The second-order valence-corrected chi connectivity index (χ2v) is 5.25. The molecule has 21 heavy (non-hydrogen) atoms. The number of nitrogens with one attached hydrogen (secondary N) is 2. The van der Waals surface area contributed by atoms with E-state index in [1.54, 1.807) is 25.4 Å². The molecule has 0 spiro atoms. The fourth-order valence-corrected chi connectivity index (χ4v) is 2.16. The second kappa shape index (κ2) is 7.73. The van der Waals surface area contributed by atoms with Crippen LogP contribution in [0.5, 0.6) is 0 Å². The van der Waals surface area contributed by atoms with Gasteiger partial charge in [-0.1, -0.05) is 22.0 Å². The molecule has 2 rings (SSSR count). The zero-order valence-electron chi connectivity index (χ0n) is 11.6. The lowest BCUT2D eigenvalue weighted by Gasteiger charge is -2.12. The van der Waals surface area contributed by atoms with E-state index in [1.165, 1.54) is 6.07 Å². The van der Waals surface area contributed by atoms with E-state index < -0.39 is 0 Å². The number of aromatic nitrogens is 1. The third-order valence-electron chi connectivity index (χ3n) is 2.84. The largest absolute Gasteiger partial charge is 0.352 e. The van der Waals surface area contributed by atoms with Crippen LogP contribution in [0.15, 0.2) is 52.1 Å². The van der Waals surface area contributed by atoms with Gasteiger partial charge in [-0.25, -0.2) is 4.39 Å². The summed E-state index contributed by atoms with van der Waals surface area (Å²) >= 11 is 3.33. The van der Waals surface area contributed by atoms with Gasteiger partial charge < -0.3 is 10.6 Å². The van der Waals surface area contributed by atoms with E-state index in [1.807, 2.05) is 18.2 Å². The third-order valence-corrected chi connectivity index (χ3v) is 3.33. The van der Waals surface area contributed by atoms with Crippen molar-refractivity contribution in [3.05, 3.63) is 64.1 Å². The Morgan fingerprint density at radius 2 is 2.05 bits per heavy atom. The molecule has 0 aliphatic rings. The first-order valence-corrected chi connectivity index (χ1v) is 7.26. The molecule has 4 nitrogen and oxygen atoms in total. The quantitative estimate of drug-likeness (QED) is 0.658. The molecule has 0 unspecified atom stereocenters. The van der Waals surface area contributed by atoms with Crippen molar-refractivity contribution in [1.29, 1.82) is 0 Å². The van der Waals surface area contributed by atoms with Crippen LogP contribution in [0.25, 0.3) is 0 Å². The predicted molar refractivity (Wildman–Crippen MR) is 85.4 cm³/mol. The highest BCUT2D eigenvalue weighted by Gasteiger charge is 2.04. The van der Waals surface area contributed by atoms with Gasteiger partial charge in [0.1, 0.15) is 5.82 Å². The van der Waals surface area contributed by atoms with Gasteiger partial charge >= 0.3 is 0 Å². The SMILES string of the molecule is CN=C(NCc1ccccn1)NCc1cc(Br)ccc1F. The molecule has 0 fully saturated rings.